The molecular formula is C14H34N2O. The molecule has 3 nitrogen and oxygen atoms in total. The van der Waals surface area contributed by atoms with Crippen LogP contribution >= 0.6 is 0 Å². The van der Waals surface area contributed by atoms with Crippen LogP contribution in [0.15, 0.2) is 0 Å². The lowest BCUT2D eigenvalue weighted by Crippen LogP contribution is -2.36. The molecule has 17 heavy (non-hydrogen) atoms. The van der Waals surface area contributed by atoms with Gasteiger partial charge in [-0.15, -0.1) is 0 Å². The summed E-state index contributed by atoms with van der Waals surface area (Å²) in [4.78, 5) is 2.45. The molecule has 1 N–H and O–H groups in total. The first kappa shape index (κ1) is 19.2. The highest BCUT2D eigenvalue weighted by molar-refractivity contribution is 4.59. The smallest absolute Gasteiger partial charge is 0.0594 e. The summed E-state index contributed by atoms with van der Waals surface area (Å²) in [6, 6.07) is 0.648. The third-order valence-corrected chi connectivity index (χ3v) is 2.26. The Kier molecular flexibility index (Phi) is 18.0. The topological polar surface area (TPSA) is 24.5 Å². The Balaban J connectivity index is 0. The van der Waals surface area contributed by atoms with Crippen molar-refractivity contribution < 1.29 is 4.74 Å². The first-order valence-corrected chi connectivity index (χ1v) is 7.24. The van der Waals surface area contributed by atoms with E-state index in [1.807, 2.05) is 13.8 Å². The van der Waals surface area contributed by atoms with Crippen LogP contribution in [0.2, 0.25) is 0 Å². The summed E-state index contributed by atoms with van der Waals surface area (Å²) in [6.07, 6.45) is 1.26. The summed E-state index contributed by atoms with van der Waals surface area (Å²) >= 11 is 0. The van der Waals surface area contributed by atoms with Gasteiger partial charge in [-0.25, -0.2) is 0 Å². The molecule has 1 heterocycles. The zero-order valence-electron chi connectivity index (χ0n) is 12.9. The number of rotatable bonds is 4. The van der Waals surface area contributed by atoms with Gasteiger partial charge in [0.2, 0.25) is 0 Å². The SMILES string of the molecule is CC.CCCN1CCOCC1.CCNC(C)C. The normalized spacial score (nSPS) is 15.7. The van der Waals surface area contributed by atoms with E-state index in [2.05, 4.69) is 37.9 Å². The molecule has 0 atom stereocenters. The second-order valence-corrected chi connectivity index (χ2v) is 4.17. The van der Waals surface area contributed by atoms with Crippen LogP contribution in [0.4, 0.5) is 0 Å². The van der Waals surface area contributed by atoms with Gasteiger partial charge >= 0.3 is 0 Å². The molecule has 0 aromatic carbocycles. The van der Waals surface area contributed by atoms with E-state index in [9.17, 15) is 0 Å². The van der Waals surface area contributed by atoms with Gasteiger partial charge < -0.3 is 10.1 Å². The molecule has 0 radical (unpaired) electrons. The molecule has 0 saturated carbocycles. The van der Waals surface area contributed by atoms with Crippen molar-refractivity contribution in [2.24, 2.45) is 0 Å². The molecule has 0 aliphatic carbocycles. The zero-order valence-corrected chi connectivity index (χ0v) is 12.9. The van der Waals surface area contributed by atoms with E-state index in [0.29, 0.717) is 6.04 Å². The molecule has 1 fully saturated rings. The number of nitrogens with one attached hydrogen (secondary N) is 1. The van der Waals surface area contributed by atoms with Gasteiger partial charge in [0.15, 0.2) is 0 Å². The number of hydrogen-bond donors (Lipinski definition) is 1. The van der Waals surface area contributed by atoms with Crippen LogP contribution < -0.4 is 5.32 Å². The maximum atomic E-state index is 5.20. The Morgan fingerprint density at radius 1 is 1.12 bits per heavy atom. The molecule has 0 bridgehead atoms. The van der Waals surface area contributed by atoms with Crippen molar-refractivity contribution >= 4 is 0 Å². The van der Waals surface area contributed by atoms with E-state index in [0.717, 1.165) is 32.8 Å². The van der Waals surface area contributed by atoms with Crippen molar-refractivity contribution in [2.45, 2.75) is 54.0 Å². The molecule has 1 saturated heterocycles. The van der Waals surface area contributed by atoms with Gasteiger partial charge in [-0.3, -0.25) is 4.90 Å². The number of ether oxygens (including phenoxy) is 1. The molecule has 3 heteroatoms. The molecular weight excluding hydrogens is 212 g/mol. The molecule has 106 valence electrons. The number of morpholine rings is 1. The van der Waals surface area contributed by atoms with Crippen LogP contribution in [0.3, 0.4) is 0 Å². The van der Waals surface area contributed by atoms with Gasteiger partial charge in [-0.05, 0) is 19.5 Å². The summed E-state index contributed by atoms with van der Waals surface area (Å²) in [5, 5.41) is 3.21. The highest BCUT2D eigenvalue weighted by atomic mass is 16.5. The summed E-state index contributed by atoms with van der Waals surface area (Å²) in [5.74, 6) is 0. The van der Waals surface area contributed by atoms with Gasteiger partial charge in [0, 0.05) is 19.1 Å². The van der Waals surface area contributed by atoms with Gasteiger partial charge in [0.1, 0.15) is 0 Å². The monoisotopic (exact) mass is 246 g/mol. The van der Waals surface area contributed by atoms with Crippen LogP contribution in [-0.4, -0.2) is 50.3 Å². The Labute approximate surface area is 109 Å². The summed E-state index contributed by atoms with van der Waals surface area (Å²) in [5.41, 5.74) is 0. The van der Waals surface area contributed by atoms with E-state index < -0.39 is 0 Å². The van der Waals surface area contributed by atoms with Crippen molar-refractivity contribution in [2.75, 3.05) is 39.4 Å². The maximum Gasteiger partial charge on any atom is 0.0594 e. The summed E-state index contributed by atoms with van der Waals surface area (Å²) < 4.78 is 5.20. The van der Waals surface area contributed by atoms with Crippen LogP contribution in [0.5, 0.6) is 0 Å². The lowest BCUT2D eigenvalue weighted by atomic mass is 10.4. The minimum Gasteiger partial charge on any atom is -0.379 e. The van der Waals surface area contributed by atoms with Gasteiger partial charge in [-0.1, -0.05) is 41.5 Å². The molecule has 1 rings (SSSR count). The quantitative estimate of drug-likeness (QED) is 0.825. The largest absolute Gasteiger partial charge is 0.379 e. The number of nitrogens with zero attached hydrogens (tertiary/aromatic N) is 1. The Morgan fingerprint density at radius 3 is 1.94 bits per heavy atom. The molecule has 0 aromatic heterocycles. The predicted molar refractivity (Wildman–Crippen MR) is 77.7 cm³/mol. The zero-order chi connectivity index (χ0) is 13.5. The van der Waals surface area contributed by atoms with Gasteiger partial charge in [-0.2, -0.15) is 0 Å². The fourth-order valence-electron chi connectivity index (χ4n) is 1.55. The minimum absolute atomic E-state index is 0.648. The lowest BCUT2D eigenvalue weighted by molar-refractivity contribution is 0.0380. The summed E-state index contributed by atoms with van der Waals surface area (Å²) in [6.45, 7) is 19.1. The number of hydrogen-bond acceptors (Lipinski definition) is 3. The standard InChI is InChI=1S/C7H15NO.C5H13N.C2H6/c1-2-3-8-4-6-9-7-5-8;1-4-6-5(2)3;1-2/h2-7H2,1H3;5-6H,4H2,1-3H3;1-2H3. The van der Waals surface area contributed by atoms with E-state index in [-0.39, 0.29) is 0 Å². The fourth-order valence-corrected chi connectivity index (χ4v) is 1.55. The molecule has 1 aliphatic rings. The molecule has 0 unspecified atom stereocenters. The van der Waals surface area contributed by atoms with Crippen molar-refractivity contribution in [1.82, 2.24) is 10.2 Å². The molecule has 0 amide bonds. The molecule has 0 spiro atoms. The van der Waals surface area contributed by atoms with Crippen LogP contribution in [-0.2, 0) is 4.74 Å². The second kappa shape index (κ2) is 15.9. The first-order valence-electron chi connectivity index (χ1n) is 7.24. The van der Waals surface area contributed by atoms with E-state index in [1.165, 1.54) is 13.0 Å². The van der Waals surface area contributed by atoms with Crippen LogP contribution in [0.1, 0.15) is 48.0 Å². The average molecular weight is 246 g/mol. The van der Waals surface area contributed by atoms with Gasteiger partial charge in [0.25, 0.3) is 0 Å². The molecule has 0 aromatic rings. The van der Waals surface area contributed by atoms with Crippen LogP contribution in [0.25, 0.3) is 0 Å². The van der Waals surface area contributed by atoms with Gasteiger partial charge in [0.05, 0.1) is 13.2 Å². The maximum absolute atomic E-state index is 5.20. The molecule has 1 aliphatic heterocycles. The van der Waals surface area contributed by atoms with Crippen LogP contribution in [0, 0.1) is 0 Å². The van der Waals surface area contributed by atoms with E-state index in [1.54, 1.807) is 0 Å². The Morgan fingerprint density at radius 2 is 1.65 bits per heavy atom. The Hall–Kier alpha value is -0.120. The third-order valence-electron chi connectivity index (χ3n) is 2.26. The third kappa shape index (κ3) is 15.9. The highest BCUT2D eigenvalue weighted by Crippen LogP contribution is 1.96. The minimum atomic E-state index is 0.648. The summed E-state index contributed by atoms with van der Waals surface area (Å²) in [7, 11) is 0. The first-order chi connectivity index (χ1) is 8.20. The highest BCUT2D eigenvalue weighted by Gasteiger charge is 2.07. The van der Waals surface area contributed by atoms with E-state index >= 15 is 0 Å². The van der Waals surface area contributed by atoms with Crippen molar-refractivity contribution in [3.8, 4) is 0 Å². The van der Waals surface area contributed by atoms with Crippen molar-refractivity contribution in [3.63, 3.8) is 0 Å². The van der Waals surface area contributed by atoms with Crippen molar-refractivity contribution in [3.05, 3.63) is 0 Å². The fraction of sp³-hybridized carbons (Fsp3) is 1.00. The average Bonchev–Trinajstić information content (AvgIpc) is 2.34. The van der Waals surface area contributed by atoms with E-state index in [4.69, 9.17) is 4.74 Å². The second-order valence-electron chi connectivity index (χ2n) is 4.17. The van der Waals surface area contributed by atoms with Crippen molar-refractivity contribution in [1.29, 1.82) is 0 Å². The lowest BCUT2D eigenvalue weighted by Gasteiger charge is -2.25. The predicted octanol–water partition coefficient (Wildman–Crippen LogP) is 2.76. The Bertz CT molecular complexity index is 121.